The van der Waals surface area contributed by atoms with E-state index < -0.39 is 73.7 Å². The van der Waals surface area contributed by atoms with Crippen LogP contribution in [0.2, 0.25) is 0 Å². The van der Waals surface area contributed by atoms with Gasteiger partial charge in [-0.3, -0.25) is 60.7 Å². The topological polar surface area (TPSA) is 287 Å². The van der Waals surface area contributed by atoms with Crippen LogP contribution in [0, 0.1) is 60.7 Å². The standard InChI is InChI=1S/C9H15BN6O15/c1-7(11(17)18,12(19)20)4-29-10(30-5-8(2,13(21)22)14(23)24)31-6-9(3,15(25)26)16(27)28/h4-6H2,1-3H3. The maximum Gasteiger partial charge on any atom is 0.640 e. The molecule has 0 fully saturated rings. The zero-order valence-corrected chi connectivity index (χ0v) is 16.0. The van der Waals surface area contributed by atoms with E-state index in [0.29, 0.717) is 20.8 Å². The maximum atomic E-state index is 10.9. The quantitative estimate of drug-likeness (QED) is 0.121. The molecule has 0 bridgehead atoms. The van der Waals surface area contributed by atoms with Gasteiger partial charge in [0, 0.05) is 0 Å². The lowest BCUT2D eigenvalue weighted by Gasteiger charge is -2.20. The molecule has 0 rings (SSSR count). The van der Waals surface area contributed by atoms with Crippen molar-refractivity contribution in [3.8, 4) is 0 Å². The van der Waals surface area contributed by atoms with Gasteiger partial charge in [0.25, 0.3) is 0 Å². The van der Waals surface area contributed by atoms with Crippen LogP contribution < -0.4 is 0 Å². The lowest BCUT2D eigenvalue weighted by Crippen LogP contribution is -2.53. The van der Waals surface area contributed by atoms with Crippen LogP contribution >= 0.6 is 0 Å². The molecule has 21 nitrogen and oxygen atoms in total. The lowest BCUT2D eigenvalue weighted by molar-refractivity contribution is -0.795. The Balaban J connectivity index is 5.71. The van der Waals surface area contributed by atoms with Crippen molar-refractivity contribution < 1.29 is 43.5 Å². The van der Waals surface area contributed by atoms with Gasteiger partial charge < -0.3 is 14.0 Å². The van der Waals surface area contributed by atoms with E-state index in [-0.39, 0.29) is 0 Å². The average molecular weight is 458 g/mol. The van der Waals surface area contributed by atoms with E-state index in [4.69, 9.17) is 0 Å². The van der Waals surface area contributed by atoms with Gasteiger partial charge in [-0.25, -0.2) is 0 Å². The van der Waals surface area contributed by atoms with Crippen molar-refractivity contribution in [2.24, 2.45) is 0 Å². The fraction of sp³-hybridized carbons (Fsp3) is 1.00. The summed E-state index contributed by atoms with van der Waals surface area (Å²) >= 11 is 0. The number of hydrogen-bond donors (Lipinski definition) is 0. The van der Waals surface area contributed by atoms with Crippen LogP contribution in [0.3, 0.4) is 0 Å². The summed E-state index contributed by atoms with van der Waals surface area (Å²) in [6.07, 6.45) is 0. The molecule has 0 aromatic heterocycles. The predicted molar refractivity (Wildman–Crippen MR) is 90.8 cm³/mol. The first-order chi connectivity index (χ1) is 13.9. The molecule has 0 atom stereocenters. The summed E-state index contributed by atoms with van der Waals surface area (Å²) in [5.74, 6) is 0. The van der Waals surface area contributed by atoms with Crippen molar-refractivity contribution in [1.29, 1.82) is 0 Å². The molecule has 0 aliphatic rings. The van der Waals surface area contributed by atoms with E-state index in [1.54, 1.807) is 0 Å². The molecule has 0 aliphatic heterocycles. The van der Waals surface area contributed by atoms with Crippen molar-refractivity contribution in [1.82, 2.24) is 0 Å². The molecule has 0 aromatic carbocycles. The molecule has 0 saturated heterocycles. The highest BCUT2D eigenvalue weighted by atomic mass is 16.8. The van der Waals surface area contributed by atoms with Gasteiger partial charge in [0.05, 0.1) is 20.8 Å². The molecule has 0 aromatic rings. The molecule has 0 heterocycles. The third-order valence-electron chi connectivity index (χ3n) is 3.84. The Labute approximate surface area is 170 Å². The first-order valence-corrected chi connectivity index (χ1v) is 7.67. The first-order valence-electron chi connectivity index (χ1n) is 7.67. The van der Waals surface area contributed by atoms with Gasteiger partial charge in [0.15, 0.2) is 19.8 Å². The highest BCUT2D eigenvalue weighted by Gasteiger charge is 2.56. The molecule has 22 heteroatoms. The average Bonchev–Trinajstić information content (AvgIpc) is 2.65. The van der Waals surface area contributed by atoms with E-state index in [1.807, 2.05) is 0 Å². The van der Waals surface area contributed by atoms with Crippen LogP contribution in [0.5, 0.6) is 0 Å². The van der Waals surface area contributed by atoms with Gasteiger partial charge in [0.2, 0.25) is 0 Å². The van der Waals surface area contributed by atoms with E-state index in [0.717, 1.165) is 0 Å². The van der Waals surface area contributed by atoms with Crippen molar-refractivity contribution in [3.05, 3.63) is 60.7 Å². The van der Waals surface area contributed by atoms with Crippen LogP contribution in [0.4, 0.5) is 0 Å². The normalized spacial score (nSPS) is 12.1. The highest BCUT2D eigenvalue weighted by molar-refractivity contribution is 6.36. The second-order valence-electron chi connectivity index (χ2n) is 6.42. The van der Waals surface area contributed by atoms with E-state index in [9.17, 15) is 60.7 Å². The van der Waals surface area contributed by atoms with Crippen molar-refractivity contribution in [2.45, 2.75) is 37.8 Å². The van der Waals surface area contributed by atoms with Gasteiger partial charge in [-0.2, -0.15) is 0 Å². The molecule has 0 saturated carbocycles. The van der Waals surface area contributed by atoms with E-state index >= 15 is 0 Å². The Morgan fingerprint density at radius 1 is 0.516 bits per heavy atom. The summed E-state index contributed by atoms with van der Waals surface area (Å²) in [5.41, 5.74) is -9.05. The summed E-state index contributed by atoms with van der Waals surface area (Å²) in [5, 5.41) is 65.5. The molecule has 0 N–H and O–H groups in total. The minimum atomic E-state index is -3.02. The monoisotopic (exact) mass is 458 g/mol. The highest BCUT2D eigenvalue weighted by Crippen LogP contribution is 2.17. The largest absolute Gasteiger partial charge is 0.640 e. The molecular formula is C9H15BN6O15. The number of hydrogen-bond acceptors (Lipinski definition) is 15. The Bertz CT molecular complexity index is 632. The van der Waals surface area contributed by atoms with Crippen molar-refractivity contribution in [3.63, 3.8) is 0 Å². The fourth-order valence-corrected chi connectivity index (χ4v) is 1.34. The van der Waals surface area contributed by atoms with E-state index in [1.165, 1.54) is 0 Å². The second-order valence-corrected chi connectivity index (χ2v) is 6.42. The summed E-state index contributed by atoms with van der Waals surface area (Å²) in [7, 11) is -2.46. The summed E-state index contributed by atoms with van der Waals surface area (Å²) in [6.45, 7) is -2.88. The van der Waals surface area contributed by atoms with E-state index in [2.05, 4.69) is 14.0 Å². The summed E-state index contributed by atoms with van der Waals surface area (Å²) < 4.78 is 13.9. The number of nitro groups is 6. The molecule has 0 spiro atoms. The summed E-state index contributed by atoms with van der Waals surface area (Å²) in [6, 6.07) is 0. The molecule has 0 radical (unpaired) electrons. The molecule has 31 heavy (non-hydrogen) atoms. The minimum absolute atomic E-state index is 0.486. The Hall–Kier alpha value is -3.66. The third kappa shape index (κ3) is 6.16. The Kier molecular flexibility index (Phi) is 8.73. The molecular weight excluding hydrogens is 443 g/mol. The third-order valence-corrected chi connectivity index (χ3v) is 3.84. The zero-order chi connectivity index (χ0) is 24.8. The maximum absolute atomic E-state index is 10.9. The van der Waals surface area contributed by atoms with Crippen LogP contribution in [-0.4, -0.2) is 73.7 Å². The van der Waals surface area contributed by atoms with Crippen LogP contribution in [-0.2, 0) is 14.0 Å². The van der Waals surface area contributed by atoms with Crippen LogP contribution in [0.1, 0.15) is 20.8 Å². The van der Waals surface area contributed by atoms with Gasteiger partial charge in [0.1, 0.15) is 29.5 Å². The van der Waals surface area contributed by atoms with Gasteiger partial charge in [-0.05, 0) is 0 Å². The number of nitrogens with zero attached hydrogens (tertiary/aromatic N) is 6. The van der Waals surface area contributed by atoms with Crippen molar-refractivity contribution in [2.75, 3.05) is 19.8 Å². The van der Waals surface area contributed by atoms with Crippen LogP contribution in [0.25, 0.3) is 0 Å². The van der Waals surface area contributed by atoms with Gasteiger partial charge in [-0.1, -0.05) is 0 Å². The first kappa shape index (κ1) is 27.3. The van der Waals surface area contributed by atoms with Gasteiger partial charge >= 0.3 is 24.3 Å². The van der Waals surface area contributed by atoms with Crippen LogP contribution in [0.15, 0.2) is 0 Å². The number of rotatable bonds is 15. The lowest BCUT2D eigenvalue weighted by atomic mass is 10.1. The molecule has 174 valence electrons. The molecule has 0 amide bonds. The second kappa shape index (κ2) is 9.90. The summed E-state index contributed by atoms with van der Waals surface area (Å²) in [4.78, 5) is 57.1. The predicted octanol–water partition coefficient (Wildman–Crippen LogP) is -1.17. The smallest absolute Gasteiger partial charge is 0.371 e. The molecule has 0 unspecified atom stereocenters. The van der Waals surface area contributed by atoms with Crippen molar-refractivity contribution >= 4 is 7.32 Å². The Morgan fingerprint density at radius 2 is 0.677 bits per heavy atom. The zero-order valence-electron chi connectivity index (χ0n) is 16.0. The minimum Gasteiger partial charge on any atom is -0.371 e. The fourth-order valence-electron chi connectivity index (χ4n) is 1.34. The van der Waals surface area contributed by atoms with Gasteiger partial charge in [-0.15, -0.1) is 0 Å². The molecule has 0 aliphatic carbocycles. The Morgan fingerprint density at radius 3 is 0.806 bits per heavy atom. The SMILES string of the molecule is CC(COB(OCC(C)([N+](=O)[O-])[N+](=O)[O-])OCC(C)([N+](=O)[O-])[N+](=O)[O-])([N+](=O)[O-])[N+](=O)[O-].